The maximum Gasteiger partial charge on any atom is 0.306 e. The summed E-state index contributed by atoms with van der Waals surface area (Å²) < 4.78 is 23.0. The van der Waals surface area contributed by atoms with Crippen LogP contribution in [-0.2, 0) is 23.7 Å². The third-order valence-corrected chi connectivity index (χ3v) is 14.4. The van der Waals surface area contributed by atoms with Crippen LogP contribution in [0.25, 0.3) is 0 Å². The standard InChI is InChI=1S/C65H118O9/c1-3-5-7-9-11-13-15-17-19-21-23-25-27-29-31-33-35-37-39-41-43-45-47-49-51-53-55-71-57-59(58-72-65-64(70)63(69)62(68)60(56-66)74-65)73-61(67)54-52-50-48-46-44-42-40-38-36-34-32-30-28-26-24-22-20-18-16-14-12-10-8-6-4-2/h5,7,11,13,17,19,23,25,29,31,59-60,62-66,68-70H,3-4,6,8-10,12,14-16,18,20-22,24,26-28,30,32-58H2,1-2H3/b7-5-,13-11-,19-17-,25-23-,31-29-. The Morgan fingerprint density at radius 1 is 0.446 bits per heavy atom. The van der Waals surface area contributed by atoms with Crippen molar-refractivity contribution in [2.24, 2.45) is 0 Å². The molecule has 1 aliphatic heterocycles. The molecule has 0 bridgehead atoms. The van der Waals surface area contributed by atoms with Crippen molar-refractivity contribution >= 4 is 5.97 Å². The van der Waals surface area contributed by atoms with Crippen LogP contribution in [0.15, 0.2) is 60.8 Å². The highest BCUT2D eigenvalue weighted by atomic mass is 16.7. The van der Waals surface area contributed by atoms with E-state index in [9.17, 15) is 25.2 Å². The number of ether oxygens (including phenoxy) is 4. The summed E-state index contributed by atoms with van der Waals surface area (Å²) >= 11 is 0. The lowest BCUT2D eigenvalue weighted by Gasteiger charge is -2.39. The molecule has 0 aromatic rings. The van der Waals surface area contributed by atoms with Gasteiger partial charge in [-0.05, 0) is 57.8 Å². The van der Waals surface area contributed by atoms with Gasteiger partial charge in [0.25, 0.3) is 0 Å². The monoisotopic (exact) mass is 1040 g/mol. The molecule has 6 atom stereocenters. The first kappa shape index (κ1) is 69.9. The normalized spacial score (nSPS) is 18.9. The van der Waals surface area contributed by atoms with Crippen molar-refractivity contribution in [3.8, 4) is 0 Å². The van der Waals surface area contributed by atoms with Crippen LogP contribution in [0.2, 0.25) is 0 Å². The average molecular weight is 1040 g/mol. The summed E-state index contributed by atoms with van der Waals surface area (Å²) in [6.45, 7) is 4.49. The first-order valence-corrected chi connectivity index (χ1v) is 31.4. The smallest absolute Gasteiger partial charge is 0.306 e. The molecule has 6 unspecified atom stereocenters. The Balaban J connectivity index is 2.12. The molecule has 0 amide bonds. The van der Waals surface area contributed by atoms with Gasteiger partial charge in [0, 0.05) is 13.0 Å². The van der Waals surface area contributed by atoms with Crippen molar-refractivity contribution in [1.29, 1.82) is 0 Å². The number of carbonyl (C=O) groups is 1. The van der Waals surface area contributed by atoms with E-state index in [2.05, 4.69) is 74.6 Å². The van der Waals surface area contributed by atoms with E-state index in [1.807, 2.05) is 0 Å². The van der Waals surface area contributed by atoms with Gasteiger partial charge in [-0.15, -0.1) is 0 Å². The third-order valence-electron chi connectivity index (χ3n) is 14.4. The Kier molecular flexibility index (Phi) is 52.6. The van der Waals surface area contributed by atoms with E-state index >= 15 is 0 Å². The predicted molar refractivity (Wildman–Crippen MR) is 311 cm³/mol. The van der Waals surface area contributed by atoms with E-state index in [1.165, 1.54) is 199 Å². The van der Waals surface area contributed by atoms with Crippen LogP contribution in [-0.4, -0.2) is 89.6 Å². The number of hydrogen-bond donors (Lipinski definition) is 4. The van der Waals surface area contributed by atoms with Crippen molar-refractivity contribution in [2.75, 3.05) is 26.4 Å². The van der Waals surface area contributed by atoms with Gasteiger partial charge in [-0.25, -0.2) is 0 Å². The fourth-order valence-corrected chi connectivity index (χ4v) is 9.64. The summed E-state index contributed by atoms with van der Waals surface area (Å²) in [5, 5.41) is 40.4. The quantitative estimate of drug-likeness (QED) is 0.0267. The van der Waals surface area contributed by atoms with Crippen molar-refractivity contribution < 1.29 is 44.2 Å². The highest BCUT2D eigenvalue weighted by molar-refractivity contribution is 5.69. The van der Waals surface area contributed by atoms with Crippen LogP contribution < -0.4 is 0 Å². The molecule has 74 heavy (non-hydrogen) atoms. The SMILES string of the molecule is CC/C=C\C/C=C\C/C=C\C/C=C\C/C=C\CCCCCCCCCCCCOCC(COC1OC(CO)C(O)C(O)C1O)OC(=O)CCCCCCCCCCCCCCCCCCCCCCCCCCC. The van der Waals surface area contributed by atoms with Crippen LogP contribution in [0, 0.1) is 0 Å². The summed E-state index contributed by atoms with van der Waals surface area (Å²) in [7, 11) is 0. The number of aliphatic hydroxyl groups is 4. The molecule has 0 aromatic carbocycles. The Bertz CT molecular complexity index is 1330. The Morgan fingerprint density at radius 3 is 1.24 bits per heavy atom. The first-order valence-electron chi connectivity index (χ1n) is 31.4. The second-order valence-electron chi connectivity index (χ2n) is 21.5. The van der Waals surface area contributed by atoms with Gasteiger partial charge in [0.05, 0.1) is 19.8 Å². The van der Waals surface area contributed by atoms with Gasteiger partial charge in [0.2, 0.25) is 0 Å². The Labute approximate surface area is 455 Å². The molecule has 0 saturated carbocycles. The summed E-state index contributed by atoms with van der Waals surface area (Å²) in [6, 6.07) is 0. The highest BCUT2D eigenvalue weighted by Gasteiger charge is 2.44. The molecule has 1 heterocycles. The van der Waals surface area contributed by atoms with Gasteiger partial charge >= 0.3 is 5.97 Å². The molecule has 1 aliphatic rings. The van der Waals surface area contributed by atoms with Crippen molar-refractivity contribution in [1.82, 2.24) is 0 Å². The molecule has 1 saturated heterocycles. The van der Waals surface area contributed by atoms with Crippen LogP contribution in [0.4, 0.5) is 0 Å². The molecular formula is C65H118O9. The van der Waals surface area contributed by atoms with E-state index in [0.29, 0.717) is 13.0 Å². The molecular weight excluding hydrogens is 925 g/mol. The number of unbranched alkanes of at least 4 members (excludes halogenated alkanes) is 34. The van der Waals surface area contributed by atoms with Gasteiger partial charge in [-0.3, -0.25) is 4.79 Å². The lowest BCUT2D eigenvalue weighted by atomic mass is 9.99. The minimum atomic E-state index is -1.54. The lowest BCUT2D eigenvalue weighted by Crippen LogP contribution is -2.59. The Hall–Kier alpha value is -2.11. The second kappa shape index (κ2) is 55.6. The second-order valence-corrected chi connectivity index (χ2v) is 21.5. The van der Waals surface area contributed by atoms with Gasteiger partial charge in [0.15, 0.2) is 6.29 Å². The largest absolute Gasteiger partial charge is 0.457 e. The summed E-state index contributed by atoms with van der Waals surface area (Å²) in [5.41, 5.74) is 0. The van der Waals surface area contributed by atoms with E-state index < -0.39 is 43.4 Å². The van der Waals surface area contributed by atoms with Gasteiger partial charge in [0.1, 0.15) is 30.5 Å². The van der Waals surface area contributed by atoms with E-state index in [0.717, 1.165) is 64.2 Å². The maximum atomic E-state index is 12.9. The summed E-state index contributed by atoms with van der Waals surface area (Å²) in [4.78, 5) is 12.9. The molecule has 0 aromatic heterocycles. The first-order chi connectivity index (χ1) is 36.4. The molecule has 432 valence electrons. The summed E-state index contributed by atoms with van der Waals surface area (Å²) in [5.74, 6) is -0.310. The average Bonchev–Trinajstić information content (AvgIpc) is 3.40. The van der Waals surface area contributed by atoms with E-state index in [1.54, 1.807) is 0 Å². The number of hydrogen-bond acceptors (Lipinski definition) is 9. The lowest BCUT2D eigenvalue weighted by molar-refractivity contribution is -0.305. The predicted octanol–water partition coefficient (Wildman–Crippen LogP) is 16.9. The number of carbonyl (C=O) groups excluding carboxylic acids is 1. The zero-order valence-electron chi connectivity index (χ0n) is 48.1. The fourth-order valence-electron chi connectivity index (χ4n) is 9.64. The van der Waals surface area contributed by atoms with Crippen LogP contribution in [0.3, 0.4) is 0 Å². The molecule has 9 nitrogen and oxygen atoms in total. The molecule has 9 heteroatoms. The highest BCUT2D eigenvalue weighted by Crippen LogP contribution is 2.23. The number of rotatable bonds is 55. The van der Waals surface area contributed by atoms with E-state index in [4.69, 9.17) is 18.9 Å². The van der Waals surface area contributed by atoms with Crippen LogP contribution in [0.5, 0.6) is 0 Å². The minimum absolute atomic E-state index is 0.114. The molecule has 4 N–H and O–H groups in total. The van der Waals surface area contributed by atoms with E-state index in [-0.39, 0.29) is 19.2 Å². The Morgan fingerprint density at radius 2 is 0.824 bits per heavy atom. The zero-order valence-corrected chi connectivity index (χ0v) is 48.1. The van der Waals surface area contributed by atoms with Crippen molar-refractivity contribution in [2.45, 2.75) is 320 Å². The number of aliphatic hydroxyl groups excluding tert-OH is 4. The molecule has 0 radical (unpaired) electrons. The van der Waals surface area contributed by atoms with Gasteiger partial charge in [-0.1, -0.05) is 280 Å². The third kappa shape index (κ3) is 45.0. The van der Waals surface area contributed by atoms with Crippen molar-refractivity contribution in [3.05, 3.63) is 60.8 Å². The van der Waals surface area contributed by atoms with Crippen molar-refractivity contribution in [3.63, 3.8) is 0 Å². The molecule has 0 aliphatic carbocycles. The van der Waals surface area contributed by atoms with Gasteiger partial charge < -0.3 is 39.4 Å². The molecule has 0 spiro atoms. The van der Waals surface area contributed by atoms with Gasteiger partial charge in [-0.2, -0.15) is 0 Å². The number of allylic oxidation sites excluding steroid dienone is 10. The zero-order chi connectivity index (χ0) is 53.5. The molecule has 1 rings (SSSR count). The molecule has 1 fully saturated rings. The maximum absolute atomic E-state index is 12.9. The minimum Gasteiger partial charge on any atom is -0.457 e. The summed E-state index contributed by atoms with van der Waals surface area (Å²) in [6.07, 6.45) is 67.1. The van der Waals surface area contributed by atoms with Crippen LogP contribution >= 0.6 is 0 Å². The number of esters is 1. The van der Waals surface area contributed by atoms with Crippen LogP contribution in [0.1, 0.15) is 284 Å². The topological polar surface area (TPSA) is 135 Å². The fraction of sp³-hybridized carbons (Fsp3) is 0.831.